The Morgan fingerprint density at radius 3 is 2.91 bits per heavy atom. The smallest absolute Gasteiger partial charge is 0.251 e. The van der Waals surface area contributed by atoms with Gasteiger partial charge in [0.15, 0.2) is 0 Å². The van der Waals surface area contributed by atoms with Crippen molar-refractivity contribution >= 4 is 22.6 Å². The summed E-state index contributed by atoms with van der Waals surface area (Å²) in [5.41, 5.74) is 3.23. The Hall–Kier alpha value is -2.96. The van der Waals surface area contributed by atoms with E-state index in [1.807, 2.05) is 19.9 Å². The van der Waals surface area contributed by atoms with Gasteiger partial charge in [-0.05, 0) is 32.0 Å². The molecule has 0 aliphatic carbocycles. The molecule has 2 aromatic heterocycles. The first-order valence-electron chi connectivity index (χ1n) is 7.44. The summed E-state index contributed by atoms with van der Waals surface area (Å²) in [4.78, 5) is 20.8. The van der Waals surface area contributed by atoms with E-state index in [0.29, 0.717) is 12.1 Å². The van der Waals surface area contributed by atoms with E-state index in [9.17, 15) is 4.79 Å². The minimum absolute atomic E-state index is 0.142. The van der Waals surface area contributed by atoms with Crippen LogP contribution in [0, 0.1) is 6.92 Å². The number of aryl methyl sites for hydroxylation is 1. The van der Waals surface area contributed by atoms with Crippen molar-refractivity contribution in [2.24, 2.45) is 0 Å². The van der Waals surface area contributed by atoms with Gasteiger partial charge in [0.1, 0.15) is 12.1 Å². The Bertz CT molecular complexity index is 841. The first-order valence-corrected chi connectivity index (χ1v) is 7.44. The first-order chi connectivity index (χ1) is 11.2. The van der Waals surface area contributed by atoms with Crippen molar-refractivity contribution in [2.75, 3.05) is 11.9 Å². The topological polar surface area (TPSA) is 95.6 Å². The minimum Gasteiger partial charge on any atom is -0.370 e. The van der Waals surface area contributed by atoms with E-state index in [-0.39, 0.29) is 5.91 Å². The molecule has 1 aromatic carbocycles. The van der Waals surface area contributed by atoms with Gasteiger partial charge in [0.2, 0.25) is 0 Å². The molecule has 0 bridgehead atoms. The predicted octanol–water partition coefficient (Wildman–Crippen LogP) is 2.02. The van der Waals surface area contributed by atoms with E-state index in [4.69, 9.17) is 0 Å². The molecular formula is C16H18N6O. The van der Waals surface area contributed by atoms with Crippen molar-refractivity contribution in [1.29, 1.82) is 0 Å². The number of carbonyl (C=O) groups is 1. The highest BCUT2D eigenvalue weighted by atomic mass is 16.1. The van der Waals surface area contributed by atoms with E-state index < -0.39 is 0 Å². The van der Waals surface area contributed by atoms with E-state index >= 15 is 0 Å². The van der Waals surface area contributed by atoms with Crippen LogP contribution >= 0.6 is 0 Å². The molecular weight excluding hydrogens is 292 g/mol. The minimum atomic E-state index is -0.142. The van der Waals surface area contributed by atoms with E-state index in [1.54, 1.807) is 18.3 Å². The Morgan fingerprint density at radius 2 is 2.17 bits per heavy atom. The summed E-state index contributed by atoms with van der Waals surface area (Å²) < 4.78 is 0. The van der Waals surface area contributed by atoms with E-state index in [2.05, 4.69) is 30.8 Å². The number of hydrogen-bond donors (Lipinski definition) is 3. The number of aromatic amines is 1. The number of anilines is 1. The molecule has 7 nitrogen and oxygen atoms in total. The highest BCUT2D eigenvalue weighted by molar-refractivity contribution is 5.99. The third kappa shape index (κ3) is 3.13. The Kier molecular flexibility index (Phi) is 4.18. The maximum absolute atomic E-state index is 12.3. The number of benzene rings is 1. The Morgan fingerprint density at radius 1 is 1.30 bits per heavy atom. The van der Waals surface area contributed by atoms with Gasteiger partial charge >= 0.3 is 0 Å². The van der Waals surface area contributed by atoms with Crippen molar-refractivity contribution in [2.45, 2.75) is 20.4 Å². The molecule has 0 atom stereocenters. The average Bonchev–Trinajstić information content (AvgIpc) is 2.98. The zero-order valence-electron chi connectivity index (χ0n) is 13.1. The van der Waals surface area contributed by atoms with Gasteiger partial charge in [0, 0.05) is 35.3 Å². The summed E-state index contributed by atoms with van der Waals surface area (Å²) in [7, 11) is 0. The maximum atomic E-state index is 12.3. The van der Waals surface area contributed by atoms with Crippen LogP contribution in [0.1, 0.15) is 28.5 Å². The molecule has 3 aromatic rings. The van der Waals surface area contributed by atoms with E-state index in [1.165, 1.54) is 6.33 Å². The molecule has 0 aliphatic heterocycles. The molecule has 23 heavy (non-hydrogen) atoms. The molecule has 0 radical (unpaired) electrons. The van der Waals surface area contributed by atoms with Gasteiger partial charge < -0.3 is 10.6 Å². The number of amides is 1. The third-order valence-corrected chi connectivity index (χ3v) is 3.62. The molecule has 7 heteroatoms. The summed E-state index contributed by atoms with van der Waals surface area (Å²) >= 11 is 0. The highest BCUT2D eigenvalue weighted by Crippen LogP contribution is 2.20. The number of aromatic nitrogens is 4. The number of fused-ring (bicyclic) bond motifs is 1. The third-order valence-electron chi connectivity index (χ3n) is 3.62. The largest absolute Gasteiger partial charge is 0.370 e. The van der Waals surface area contributed by atoms with Crippen LogP contribution in [0.4, 0.5) is 5.82 Å². The lowest BCUT2D eigenvalue weighted by atomic mass is 10.1. The van der Waals surface area contributed by atoms with Crippen LogP contribution in [0.25, 0.3) is 10.9 Å². The molecule has 1 amide bonds. The van der Waals surface area contributed by atoms with Gasteiger partial charge in [-0.3, -0.25) is 9.89 Å². The van der Waals surface area contributed by atoms with Crippen LogP contribution in [-0.4, -0.2) is 32.6 Å². The van der Waals surface area contributed by atoms with Crippen LogP contribution in [0.15, 0.2) is 30.7 Å². The molecule has 0 saturated heterocycles. The number of nitrogens with zero attached hydrogens (tertiary/aromatic N) is 3. The lowest BCUT2D eigenvalue weighted by molar-refractivity contribution is 0.0951. The zero-order valence-corrected chi connectivity index (χ0v) is 13.1. The monoisotopic (exact) mass is 310 g/mol. The quantitative estimate of drug-likeness (QED) is 0.670. The van der Waals surface area contributed by atoms with Crippen LogP contribution in [-0.2, 0) is 6.54 Å². The van der Waals surface area contributed by atoms with Crippen LogP contribution in [0.2, 0.25) is 0 Å². The first kappa shape index (κ1) is 15.0. The normalized spacial score (nSPS) is 10.7. The summed E-state index contributed by atoms with van der Waals surface area (Å²) in [6.07, 6.45) is 3.21. The molecule has 0 saturated carbocycles. The number of rotatable bonds is 5. The van der Waals surface area contributed by atoms with Gasteiger partial charge in [0.05, 0.1) is 11.7 Å². The molecule has 0 spiro atoms. The van der Waals surface area contributed by atoms with Gasteiger partial charge in [-0.2, -0.15) is 5.10 Å². The second-order valence-electron chi connectivity index (χ2n) is 5.19. The molecule has 3 N–H and O–H groups in total. The van der Waals surface area contributed by atoms with Gasteiger partial charge in [-0.15, -0.1) is 0 Å². The fourth-order valence-corrected chi connectivity index (χ4v) is 2.34. The standard InChI is InChI=1S/C16H18N6O/c1-3-17-15-13-5-4-11(6-14(13)19-9-20-15)16(23)18-7-12-8-21-22-10(12)2/h4-6,8-9H,3,7H2,1-2H3,(H,18,23)(H,21,22)(H,17,19,20). The molecule has 2 heterocycles. The van der Waals surface area contributed by atoms with Crippen LogP contribution in [0.5, 0.6) is 0 Å². The van der Waals surface area contributed by atoms with Crippen LogP contribution in [0.3, 0.4) is 0 Å². The highest BCUT2D eigenvalue weighted by Gasteiger charge is 2.10. The summed E-state index contributed by atoms with van der Waals surface area (Å²) in [5, 5.41) is 13.8. The molecule has 0 fully saturated rings. The zero-order chi connectivity index (χ0) is 16.2. The number of nitrogens with one attached hydrogen (secondary N) is 3. The average molecular weight is 310 g/mol. The number of hydrogen-bond acceptors (Lipinski definition) is 5. The lowest BCUT2D eigenvalue weighted by Crippen LogP contribution is -2.22. The van der Waals surface area contributed by atoms with Gasteiger partial charge in [0.25, 0.3) is 5.91 Å². The van der Waals surface area contributed by atoms with Crippen molar-refractivity contribution in [3.63, 3.8) is 0 Å². The molecule has 0 aliphatic rings. The number of carbonyl (C=O) groups excluding carboxylic acids is 1. The Balaban J connectivity index is 1.80. The molecule has 118 valence electrons. The van der Waals surface area contributed by atoms with Crippen molar-refractivity contribution < 1.29 is 4.79 Å². The van der Waals surface area contributed by atoms with Gasteiger partial charge in [-0.1, -0.05) is 0 Å². The Labute approximate surface area is 133 Å². The van der Waals surface area contributed by atoms with E-state index in [0.717, 1.165) is 34.5 Å². The fraction of sp³-hybridized carbons (Fsp3) is 0.250. The van der Waals surface area contributed by atoms with Crippen molar-refractivity contribution in [1.82, 2.24) is 25.5 Å². The number of H-pyrrole nitrogens is 1. The second-order valence-corrected chi connectivity index (χ2v) is 5.19. The fourth-order valence-electron chi connectivity index (χ4n) is 2.34. The summed E-state index contributed by atoms with van der Waals surface area (Å²) in [6, 6.07) is 5.42. The molecule has 0 unspecified atom stereocenters. The van der Waals surface area contributed by atoms with Crippen molar-refractivity contribution in [3.8, 4) is 0 Å². The summed E-state index contributed by atoms with van der Waals surface area (Å²) in [5.74, 6) is 0.634. The van der Waals surface area contributed by atoms with Crippen molar-refractivity contribution in [3.05, 3.63) is 47.5 Å². The lowest BCUT2D eigenvalue weighted by Gasteiger charge is -2.08. The second kappa shape index (κ2) is 6.43. The van der Waals surface area contributed by atoms with Crippen LogP contribution < -0.4 is 10.6 Å². The predicted molar refractivity (Wildman–Crippen MR) is 88.2 cm³/mol. The molecule has 3 rings (SSSR count). The SMILES string of the molecule is CCNc1ncnc2cc(C(=O)NCc3cn[nH]c3C)ccc12. The van der Waals surface area contributed by atoms with Gasteiger partial charge in [-0.25, -0.2) is 9.97 Å². The maximum Gasteiger partial charge on any atom is 0.251 e. The summed E-state index contributed by atoms with van der Waals surface area (Å²) in [6.45, 7) is 5.14.